The number of piperidine rings is 2. The summed E-state index contributed by atoms with van der Waals surface area (Å²) in [5.41, 5.74) is 4.54. The summed E-state index contributed by atoms with van der Waals surface area (Å²) in [6.45, 7) is 6.92. The maximum absolute atomic E-state index is 13.3. The number of aliphatic hydroxyl groups excluding tert-OH is 1. The van der Waals surface area contributed by atoms with E-state index in [1.54, 1.807) is 4.90 Å². The van der Waals surface area contributed by atoms with Crippen LogP contribution in [0.2, 0.25) is 0 Å². The zero-order valence-corrected chi connectivity index (χ0v) is 20.9. The first kappa shape index (κ1) is 24.9. The number of hydrogen-bond donors (Lipinski definition) is 2. The number of nitrogens with one attached hydrogen (secondary N) is 1. The molecule has 0 aromatic heterocycles. The van der Waals surface area contributed by atoms with Crippen molar-refractivity contribution in [3.8, 4) is 0 Å². The molecule has 3 heterocycles. The van der Waals surface area contributed by atoms with Gasteiger partial charge >= 0.3 is 0 Å². The molecule has 0 radical (unpaired) electrons. The largest absolute Gasteiger partial charge is 0.392 e. The first-order chi connectivity index (χ1) is 17.3. The van der Waals surface area contributed by atoms with Crippen LogP contribution in [0.15, 0.2) is 42.5 Å². The predicted octanol–water partition coefficient (Wildman–Crippen LogP) is 4.35. The van der Waals surface area contributed by atoms with Crippen LogP contribution in [-0.2, 0) is 10.2 Å². The molecule has 5 rings (SSSR count). The highest BCUT2D eigenvalue weighted by atomic mass is 19.1. The number of carbonyl (C=O) groups excluding carboxylic acids is 1. The minimum atomic E-state index is -0.666. The van der Waals surface area contributed by atoms with Gasteiger partial charge in [-0.25, -0.2) is 8.78 Å². The third-order valence-corrected chi connectivity index (χ3v) is 8.32. The molecule has 1 unspecified atom stereocenters. The highest BCUT2D eigenvalue weighted by Gasteiger charge is 2.41. The van der Waals surface area contributed by atoms with E-state index in [1.165, 1.54) is 41.1 Å². The fraction of sp³-hybridized carbons (Fsp3) is 0.483. The molecule has 2 aromatic carbocycles. The maximum atomic E-state index is 13.3. The molecule has 7 heteroatoms. The van der Waals surface area contributed by atoms with Crippen LogP contribution in [0.1, 0.15) is 42.4 Å². The minimum Gasteiger partial charge on any atom is -0.392 e. The maximum Gasteiger partial charge on any atom is 0.246 e. The van der Waals surface area contributed by atoms with Crippen LogP contribution in [0.4, 0.5) is 14.5 Å². The first-order valence-electron chi connectivity index (χ1n) is 13.0. The number of halogens is 2. The van der Waals surface area contributed by atoms with Crippen LogP contribution in [0.5, 0.6) is 0 Å². The van der Waals surface area contributed by atoms with Gasteiger partial charge in [0.25, 0.3) is 0 Å². The van der Waals surface area contributed by atoms with E-state index < -0.39 is 17.7 Å². The Bertz CT molecular complexity index is 1120. The van der Waals surface area contributed by atoms with Crippen molar-refractivity contribution >= 4 is 17.7 Å². The van der Waals surface area contributed by atoms with Crippen LogP contribution < -0.4 is 5.32 Å². The number of fused-ring (bicyclic) bond motifs is 2. The standard InChI is InChI=1S/C29H35F2N3O2/c1-20-2-4-25-26(14-20)32-19-29(25)8-12-33(13-9-29)18-27(35)22-6-10-34(11-7-22)28(36)5-3-21-15-23(30)17-24(31)16-21/h2-5,14-17,22,27,32,35H,6-13,18-19H2,1H3/b5-3+. The van der Waals surface area contributed by atoms with Gasteiger partial charge in [0.05, 0.1) is 6.10 Å². The second-order valence-electron chi connectivity index (χ2n) is 10.7. The Hall–Kier alpha value is -2.77. The predicted molar refractivity (Wildman–Crippen MR) is 138 cm³/mol. The van der Waals surface area contributed by atoms with Gasteiger partial charge in [-0.2, -0.15) is 0 Å². The highest BCUT2D eigenvalue weighted by Crippen LogP contribution is 2.44. The summed E-state index contributed by atoms with van der Waals surface area (Å²) in [7, 11) is 0. The molecule has 1 spiro atoms. The third-order valence-electron chi connectivity index (χ3n) is 8.32. The summed E-state index contributed by atoms with van der Waals surface area (Å²) in [5.74, 6) is -1.33. The van der Waals surface area contributed by atoms with E-state index >= 15 is 0 Å². The molecule has 1 amide bonds. The van der Waals surface area contributed by atoms with Gasteiger partial charge in [-0.3, -0.25) is 4.79 Å². The average Bonchev–Trinajstić information content (AvgIpc) is 3.20. The number of anilines is 1. The van der Waals surface area contributed by atoms with E-state index in [-0.39, 0.29) is 17.2 Å². The molecule has 3 aliphatic heterocycles. The fourth-order valence-electron chi connectivity index (χ4n) is 6.10. The van der Waals surface area contributed by atoms with Crippen molar-refractivity contribution in [2.75, 3.05) is 44.6 Å². The molecule has 0 bridgehead atoms. The number of amides is 1. The van der Waals surface area contributed by atoms with Gasteiger partial charge in [0.2, 0.25) is 5.91 Å². The van der Waals surface area contributed by atoms with E-state index in [1.807, 2.05) is 0 Å². The van der Waals surface area contributed by atoms with Crippen molar-refractivity contribution in [2.45, 2.75) is 44.1 Å². The summed E-state index contributed by atoms with van der Waals surface area (Å²) in [6, 6.07) is 9.94. The molecule has 2 N–H and O–H groups in total. The van der Waals surface area contributed by atoms with Crippen molar-refractivity contribution in [1.29, 1.82) is 0 Å². The number of carbonyl (C=O) groups is 1. The Labute approximate surface area is 211 Å². The Morgan fingerprint density at radius 1 is 1.11 bits per heavy atom. The van der Waals surface area contributed by atoms with E-state index in [2.05, 4.69) is 35.3 Å². The zero-order valence-electron chi connectivity index (χ0n) is 20.9. The minimum absolute atomic E-state index is 0.170. The van der Waals surface area contributed by atoms with Gasteiger partial charge in [0, 0.05) is 49.4 Å². The lowest BCUT2D eigenvalue weighted by molar-refractivity contribution is -0.128. The van der Waals surface area contributed by atoms with Crippen LogP contribution >= 0.6 is 0 Å². The second-order valence-corrected chi connectivity index (χ2v) is 10.7. The number of nitrogens with zero attached hydrogens (tertiary/aromatic N) is 2. The van der Waals surface area contributed by atoms with Gasteiger partial charge in [0.1, 0.15) is 11.6 Å². The van der Waals surface area contributed by atoms with Crippen LogP contribution in [-0.4, -0.2) is 66.2 Å². The van der Waals surface area contributed by atoms with Gasteiger partial charge in [-0.05, 0) is 92.6 Å². The topological polar surface area (TPSA) is 55.8 Å². The lowest BCUT2D eigenvalue weighted by Crippen LogP contribution is -2.48. The van der Waals surface area contributed by atoms with Crippen LogP contribution in [0, 0.1) is 24.5 Å². The van der Waals surface area contributed by atoms with Crippen molar-refractivity contribution in [3.63, 3.8) is 0 Å². The molecular formula is C29H35F2N3O2. The molecule has 2 aromatic rings. The zero-order chi connectivity index (χ0) is 25.3. The van der Waals surface area contributed by atoms with Gasteiger partial charge in [-0.15, -0.1) is 0 Å². The Kier molecular flexibility index (Phi) is 7.13. The van der Waals surface area contributed by atoms with E-state index in [0.717, 1.165) is 51.4 Å². The molecule has 2 saturated heterocycles. The Morgan fingerprint density at radius 3 is 2.50 bits per heavy atom. The average molecular weight is 496 g/mol. The molecule has 3 aliphatic rings. The normalized spacial score (nSPS) is 21.1. The van der Waals surface area contributed by atoms with Crippen molar-refractivity contribution < 1.29 is 18.7 Å². The first-order valence-corrected chi connectivity index (χ1v) is 13.0. The molecule has 1 atom stereocenters. The summed E-state index contributed by atoms with van der Waals surface area (Å²) in [5, 5.41) is 14.6. The van der Waals surface area contributed by atoms with Gasteiger partial charge in [-0.1, -0.05) is 12.1 Å². The molecule has 5 nitrogen and oxygen atoms in total. The third kappa shape index (κ3) is 5.32. The SMILES string of the molecule is Cc1ccc2c(c1)NCC21CCN(CC(O)C2CCN(C(=O)/C=C/c3cc(F)cc(F)c3)CC2)CC1. The molecular weight excluding hydrogens is 460 g/mol. The van der Waals surface area contributed by atoms with Crippen molar-refractivity contribution in [3.05, 3.63) is 70.8 Å². The van der Waals surface area contributed by atoms with E-state index in [9.17, 15) is 18.7 Å². The Balaban J connectivity index is 1.08. The highest BCUT2D eigenvalue weighted by molar-refractivity contribution is 5.91. The summed E-state index contributed by atoms with van der Waals surface area (Å²) < 4.78 is 26.7. The van der Waals surface area contributed by atoms with Crippen molar-refractivity contribution in [1.82, 2.24) is 9.80 Å². The number of likely N-dealkylation sites (tertiary alicyclic amines) is 2. The quantitative estimate of drug-likeness (QED) is 0.606. The number of benzene rings is 2. The van der Waals surface area contributed by atoms with Gasteiger partial charge < -0.3 is 20.2 Å². The lowest BCUT2D eigenvalue weighted by Gasteiger charge is -2.41. The summed E-state index contributed by atoms with van der Waals surface area (Å²) >= 11 is 0. The number of hydrogen-bond acceptors (Lipinski definition) is 4. The fourth-order valence-corrected chi connectivity index (χ4v) is 6.10. The monoisotopic (exact) mass is 495 g/mol. The van der Waals surface area contributed by atoms with E-state index in [4.69, 9.17) is 0 Å². The molecule has 36 heavy (non-hydrogen) atoms. The van der Waals surface area contributed by atoms with Gasteiger partial charge in [0.15, 0.2) is 0 Å². The molecule has 192 valence electrons. The molecule has 0 saturated carbocycles. The van der Waals surface area contributed by atoms with Crippen molar-refractivity contribution in [2.24, 2.45) is 5.92 Å². The number of aryl methyl sites for hydroxylation is 1. The van der Waals surface area contributed by atoms with Crippen LogP contribution in [0.3, 0.4) is 0 Å². The summed E-state index contributed by atoms with van der Waals surface area (Å²) in [6.07, 6.45) is 6.10. The number of rotatable bonds is 5. The second kappa shape index (κ2) is 10.3. The lowest BCUT2D eigenvalue weighted by atomic mass is 9.74. The van der Waals surface area contributed by atoms with Crippen LogP contribution in [0.25, 0.3) is 6.08 Å². The summed E-state index contributed by atoms with van der Waals surface area (Å²) in [4.78, 5) is 16.7. The number of aliphatic hydroxyl groups is 1. The number of β-amino-alcohol motifs (C(OH)–C–C–N with tert-alkyl or cyclic N) is 1. The Morgan fingerprint density at radius 2 is 1.81 bits per heavy atom. The molecule has 2 fully saturated rings. The smallest absolute Gasteiger partial charge is 0.246 e. The van der Waals surface area contributed by atoms with E-state index in [0.29, 0.717) is 25.2 Å². The molecule has 0 aliphatic carbocycles.